The van der Waals surface area contributed by atoms with Gasteiger partial charge in [0.15, 0.2) is 5.78 Å². The van der Waals surface area contributed by atoms with Gasteiger partial charge in [-0.2, -0.15) is 0 Å². The van der Waals surface area contributed by atoms with Crippen molar-refractivity contribution in [3.8, 4) is 0 Å². The number of Topliss-reactive ketones (excluding diaryl/α,β-unsaturated/α-hetero) is 1. The second kappa shape index (κ2) is 7.75. The van der Waals surface area contributed by atoms with E-state index in [4.69, 9.17) is 0 Å². The zero-order valence-corrected chi connectivity index (χ0v) is 13.4. The molecule has 3 rings (SSSR count). The molecule has 0 saturated carbocycles. The molecule has 0 unspecified atom stereocenters. The number of aryl methyl sites for hydroxylation is 1. The Balaban J connectivity index is 0.000000254. The molecule has 0 spiro atoms. The number of ether oxygens (including phenoxy) is 1. The Hall–Kier alpha value is -2.14. The third kappa shape index (κ3) is 4.43. The molecule has 0 atom stereocenters. The van der Waals surface area contributed by atoms with Crippen LogP contribution in [0.15, 0.2) is 30.7 Å². The van der Waals surface area contributed by atoms with Gasteiger partial charge in [0.2, 0.25) is 0 Å². The van der Waals surface area contributed by atoms with Gasteiger partial charge >= 0.3 is 0 Å². The highest BCUT2D eigenvalue weighted by atomic mass is 16.5. The Bertz CT molecular complexity index is 608. The molecule has 1 aliphatic heterocycles. The van der Waals surface area contributed by atoms with Gasteiger partial charge in [0, 0.05) is 25.5 Å². The number of imidazole rings is 1. The lowest BCUT2D eigenvalue weighted by Crippen LogP contribution is -2.19. The van der Waals surface area contributed by atoms with Gasteiger partial charge in [-0.15, -0.1) is 0 Å². The molecule has 1 N–H and O–H groups in total. The molecule has 2 heterocycles. The minimum Gasteiger partial charge on any atom is -0.377 e. The van der Waals surface area contributed by atoms with Crippen LogP contribution in [0.5, 0.6) is 0 Å². The largest absolute Gasteiger partial charge is 0.377 e. The first-order chi connectivity index (χ1) is 10.6. The van der Waals surface area contributed by atoms with E-state index < -0.39 is 0 Å². The second-order valence-corrected chi connectivity index (χ2v) is 5.52. The van der Waals surface area contributed by atoms with Crippen molar-refractivity contribution in [2.45, 2.75) is 26.8 Å². The summed E-state index contributed by atoms with van der Waals surface area (Å²) in [5.41, 5.74) is 5.35. The molecule has 0 fully saturated rings. The first-order valence-electron chi connectivity index (χ1n) is 7.40. The fraction of sp³-hybridized carbons (Fsp3) is 0.412. The average Bonchev–Trinajstić information content (AvgIpc) is 3.10. The minimum absolute atomic E-state index is 0.0671. The zero-order valence-electron chi connectivity index (χ0n) is 13.4. The Labute approximate surface area is 131 Å². The maximum Gasteiger partial charge on any atom is 0.155 e. The number of nitrogens with zero attached hydrogens (tertiary/aromatic N) is 2. The highest BCUT2D eigenvalue weighted by Crippen LogP contribution is 2.29. The van der Waals surface area contributed by atoms with Crippen LogP contribution in [0.2, 0.25) is 0 Å². The van der Waals surface area contributed by atoms with E-state index in [1.807, 2.05) is 6.20 Å². The average molecular weight is 301 g/mol. The SMILES string of the molecule is COCC(C)=O.Cc1ccc2c(c1)N(Cc1cnc[nH]1)CC2. The third-order valence-electron chi connectivity index (χ3n) is 3.50. The Morgan fingerprint density at radius 3 is 2.86 bits per heavy atom. The van der Waals surface area contributed by atoms with Crippen molar-refractivity contribution >= 4 is 11.5 Å². The predicted octanol–water partition coefficient (Wildman–Crippen LogP) is 2.50. The van der Waals surface area contributed by atoms with Gasteiger partial charge in [0.1, 0.15) is 6.61 Å². The Morgan fingerprint density at radius 2 is 2.27 bits per heavy atom. The summed E-state index contributed by atoms with van der Waals surface area (Å²) in [6.45, 7) is 5.91. The highest BCUT2D eigenvalue weighted by molar-refractivity contribution is 5.76. The normalized spacial score (nSPS) is 12.6. The third-order valence-corrected chi connectivity index (χ3v) is 3.50. The first kappa shape index (κ1) is 16.2. The number of anilines is 1. The molecule has 0 aliphatic carbocycles. The monoisotopic (exact) mass is 301 g/mol. The molecule has 1 aromatic carbocycles. The van der Waals surface area contributed by atoms with Crippen molar-refractivity contribution in [2.75, 3.05) is 25.2 Å². The summed E-state index contributed by atoms with van der Waals surface area (Å²) in [5.74, 6) is 0.0671. The predicted molar refractivity (Wildman–Crippen MR) is 87.1 cm³/mol. The number of aromatic nitrogens is 2. The maximum absolute atomic E-state index is 9.92. The van der Waals surface area contributed by atoms with Gasteiger partial charge in [-0.1, -0.05) is 12.1 Å². The van der Waals surface area contributed by atoms with Crippen LogP contribution >= 0.6 is 0 Å². The number of hydrogen-bond donors (Lipinski definition) is 1. The molecule has 5 heteroatoms. The minimum atomic E-state index is 0.0671. The molecule has 0 amide bonds. The van der Waals surface area contributed by atoms with E-state index >= 15 is 0 Å². The lowest BCUT2D eigenvalue weighted by atomic mass is 10.1. The number of rotatable bonds is 4. The topological polar surface area (TPSA) is 58.2 Å². The van der Waals surface area contributed by atoms with Crippen molar-refractivity contribution in [3.05, 3.63) is 47.5 Å². The molecule has 5 nitrogen and oxygen atoms in total. The van der Waals surface area contributed by atoms with Crippen molar-refractivity contribution in [2.24, 2.45) is 0 Å². The first-order valence-corrected chi connectivity index (χ1v) is 7.40. The Kier molecular flexibility index (Phi) is 5.72. The number of aromatic amines is 1. The highest BCUT2D eigenvalue weighted by Gasteiger charge is 2.19. The van der Waals surface area contributed by atoms with Crippen LogP contribution in [0.3, 0.4) is 0 Å². The Morgan fingerprint density at radius 1 is 1.45 bits per heavy atom. The summed E-state index contributed by atoms with van der Waals surface area (Å²) in [6, 6.07) is 6.72. The van der Waals surface area contributed by atoms with Gasteiger partial charge in [0.25, 0.3) is 0 Å². The summed E-state index contributed by atoms with van der Waals surface area (Å²) in [6.07, 6.45) is 4.79. The van der Waals surface area contributed by atoms with Crippen LogP contribution in [0, 0.1) is 6.92 Å². The number of methoxy groups -OCH3 is 1. The van der Waals surface area contributed by atoms with E-state index in [2.05, 4.69) is 44.7 Å². The van der Waals surface area contributed by atoms with Gasteiger partial charge in [0.05, 0.1) is 18.6 Å². The fourth-order valence-electron chi connectivity index (χ4n) is 2.50. The van der Waals surface area contributed by atoms with Crippen LogP contribution in [0.4, 0.5) is 5.69 Å². The smallest absolute Gasteiger partial charge is 0.155 e. The number of fused-ring (bicyclic) bond motifs is 1. The van der Waals surface area contributed by atoms with Gasteiger partial charge in [-0.25, -0.2) is 4.98 Å². The lowest BCUT2D eigenvalue weighted by Gasteiger charge is -2.18. The van der Waals surface area contributed by atoms with Crippen LogP contribution < -0.4 is 4.90 Å². The van der Waals surface area contributed by atoms with E-state index in [-0.39, 0.29) is 12.4 Å². The van der Waals surface area contributed by atoms with Crippen LogP contribution in [-0.4, -0.2) is 36.0 Å². The van der Waals surface area contributed by atoms with E-state index in [1.165, 1.54) is 36.5 Å². The van der Waals surface area contributed by atoms with Crippen LogP contribution in [-0.2, 0) is 22.5 Å². The summed E-state index contributed by atoms with van der Waals surface area (Å²) in [5, 5.41) is 0. The summed E-state index contributed by atoms with van der Waals surface area (Å²) < 4.78 is 4.45. The van der Waals surface area contributed by atoms with Crippen molar-refractivity contribution in [1.29, 1.82) is 0 Å². The second-order valence-electron chi connectivity index (χ2n) is 5.52. The van der Waals surface area contributed by atoms with E-state index in [0.29, 0.717) is 0 Å². The quantitative estimate of drug-likeness (QED) is 0.942. The van der Waals surface area contributed by atoms with Crippen molar-refractivity contribution in [1.82, 2.24) is 9.97 Å². The molecule has 0 saturated heterocycles. The number of carbonyl (C=O) groups excluding carboxylic acids is 1. The molecule has 22 heavy (non-hydrogen) atoms. The van der Waals surface area contributed by atoms with Gasteiger partial charge in [-0.05, 0) is 37.5 Å². The number of benzene rings is 1. The summed E-state index contributed by atoms with van der Waals surface area (Å²) >= 11 is 0. The molecule has 118 valence electrons. The summed E-state index contributed by atoms with van der Waals surface area (Å²) in [7, 11) is 1.50. The molecule has 0 radical (unpaired) electrons. The molecule has 0 bridgehead atoms. The van der Waals surface area contributed by atoms with Crippen LogP contribution in [0.1, 0.15) is 23.7 Å². The number of nitrogens with one attached hydrogen (secondary N) is 1. The van der Waals surface area contributed by atoms with E-state index in [9.17, 15) is 4.79 Å². The molecular formula is C17H23N3O2. The van der Waals surface area contributed by atoms with Gasteiger partial charge in [-0.3, -0.25) is 4.79 Å². The maximum atomic E-state index is 9.92. The van der Waals surface area contributed by atoms with E-state index in [0.717, 1.165) is 19.5 Å². The number of H-pyrrole nitrogens is 1. The fourth-order valence-corrected chi connectivity index (χ4v) is 2.50. The lowest BCUT2D eigenvalue weighted by molar-refractivity contribution is -0.120. The van der Waals surface area contributed by atoms with Crippen LogP contribution in [0.25, 0.3) is 0 Å². The van der Waals surface area contributed by atoms with Crippen molar-refractivity contribution in [3.63, 3.8) is 0 Å². The number of carbonyl (C=O) groups is 1. The standard InChI is InChI=1S/C13H15N3.C4H8O2/c1-10-2-3-11-4-5-16(13(11)6-10)8-12-7-14-9-15-12;1-4(5)3-6-2/h2-3,6-7,9H,4-5,8H2,1H3,(H,14,15);3H2,1-2H3. The molecule has 1 aromatic heterocycles. The molecule has 2 aromatic rings. The zero-order chi connectivity index (χ0) is 15.9. The molecular weight excluding hydrogens is 278 g/mol. The van der Waals surface area contributed by atoms with Crippen molar-refractivity contribution < 1.29 is 9.53 Å². The van der Waals surface area contributed by atoms with Gasteiger partial charge < -0.3 is 14.6 Å². The number of hydrogen-bond acceptors (Lipinski definition) is 4. The summed E-state index contributed by atoms with van der Waals surface area (Å²) in [4.78, 5) is 19.5. The molecule has 1 aliphatic rings. The number of ketones is 1. The van der Waals surface area contributed by atoms with E-state index in [1.54, 1.807) is 6.33 Å².